The summed E-state index contributed by atoms with van der Waals surface area (Å²) in [5.74, 6) is 1.24. The molecule has 0 N–H and O–H groups in total. The van der Waals surface area contributed by atoms with Gasteiger partial charge in [0.25, 0.3) is 5.89 Å². The van der Waals surface area contributed by atoms with Crippen molar-refractivity contribution >= 4 is 10.9 Å². The van der Waals surface area contributed by atoms with Crippen LogP contribution in [0.4, 0.5) is 0 Å². The average Bonchev–Trinajstić information content (AvgIpc) is 3.11. The van der Waals surface area contributed by atoms with Gasteiger partial charge in [-0.1, -0.05) is 23.4 Å². The van der Waals surface area contributed by atoms with Crippen LogP contribution in [0.5, 0.6) is 5.88 Å². The van der Waals surface area contributed by atoms with Crippen molar-refractivity contribution < 1.29 is 9.26 Å². The highest BCUT2D eigenvalue weighted by Gasteiger charge is 2.17. The number of pyridine rings is 2. The van der Waals surface area contributed by atoms with E-state index in [2.05, 4.69) is 20.1 Å². The Balaban J connectivity index is 1.84. The second kappa shape index (κ2) is 5.73. The molecule has 0 aliphatic rings. The first-order valence-corrected chi connectivity index (χ1v) is 7.45. The molecule has 0 saturated carbocycles. The lowest BCUT2D eigenvalue weighted by Crippen LogP contribution is -1.94. The van der Waals surface area contributed by atoms with E-state index in [0.29, 0.717) is 28.9 Å². The topological polar surface area (TPSA) is 73.9 Å². The number of methoxy groups -OCH3 is 1. The zero-order chi connectivity index (χ0) is 16.5. The lowest BCUT2D eigenvalue weighted by Gasteiger charge is -2.07. The molecule has 3 aromatic heterocycles. The summed E-state index contributed by atoms with van der Waals surface area (Å²) in [6.07, 6.45) is 1.68. The standard InChI is InChI=1S/C18H14N4O2/c1-11-6-7-12-10-13(17(23-2)20-15(12)9-11)16-21-18(24-22-16)14-5-3-4-8-19-14/h3-10H,1-2H3. The van der Waals surface area contributed by atoms with Gasteiger partial charge in [0.15, 0.2) is 0 Å². The Hall–Kier alpha value is -3.28. The minimum atomic E-state index is 0.358. The summed E-state index contributed by atoms with van der Waals surface area (Å²) in [6, 6.07) is 13.5. The van der Waals surface area contributed by atoms with E-state index >= 15 is 0 Å². The van der Waals surface area contributed by atoms with Gasteiger partial charge in [-0.05, 0) is 36.8 Å². The second-order valence-electron chi connectivity index (χ2n) is 5.38. The highest BCUT2D eigenvalue weighted by molar-refractivity contribution is 5.85. The molecule has 0 amide bonds. The molecule has 0 aliphatic heterocycles. The molecule has 0 atom stereocenters. The molecule has 0 aliphatic carbocycles. The largest absolute Gasteiger partial charge is 0.480 e. The van der Waals surface area contributed by atoms with Gasteiger partial charge in [-0.15, -0.1) is 0 Å². The summed E-state index contributed by atoms with van der Waals surface area (Å²) in [5.41, 5.74) is 3.31. The number of ether oxygens (including phenoxy) is 1. The number of hydrogen-bond donors (Lipinski definition) is 0. The SMILES string of the molecule is COc1nc2cc(C)ccc2cc1-c1noc(-c2ccccn2)n1. The van der Waals surface area contributed by atoms with Gasteiger partial charge in [0.05, 0.1) is 18.2 Å². The lowest BCUT2D eigenvalue weighted by molar-refractivity contribution is 0.399. The summed E-state index contributed by atoms with van der Waals surface area (Å²) in [6.45, 7) is 2.03. The van der Waals surface area contributed by atoms with Gasteiger partial charge in [0, 0.05) is 11.6 Å². The van der Waals surface area contributed by atoms with Crippen molar-refractivity contribution in [2.45, 2.75) is 6.92 Å². The fraction of sp³-hybridized carbons (Fsp3) is 0.111. The van der Waals surface area contributed by atoms with Crippen LogP contribution in [-0.2, 0) is 0 Å². The van der Waals surface area contributed by atoms with Crippen molar-refractivity contribution in [3.05, 3.63) is 54.2 Å². The number of nitrogens with zero attached hydrogens (tertiary/aromatic N) is 4. The fourth-order valence-corrected chi connectivity index (χ4v) is 2.50. The Bertz CT molecular complexity index is 1010. The van der Waals surface area contributed by atoms with Crippen molar-refractivity contribution in [1.82, 2.24) is 20.1 Å². The van der Waals surface area contributed by atoms with Crippen LogP contribution in [0.25, 0.3) is 33.9 Å². The zero-order valence-electron chi connectivity index (χ0n) is 13.2. The number of rotatable bonds is 3. The van der Waals surface area contributed by atoms with Crippen LogP contribution in [0.3, 0.4) is 0 Å². The third-order valence-corrected chi connectivity index (χ3v) is 3.68. The van der Waals surface area contributed by atoms with E-state index in [4.69, 9.17) is 9.26 Å². The Morgan fingerprint density at radius 1 is 1.04 bits per heavy atom. The first kappa shape index (κ1) is 14.3. The number of hydrogen-bond acceptors (Lipinski definition) is 6. The molecule has 4 rings (SSSR count). The van der Waals surface area contributed by atoms with Gasteiger partial charge in [-0.2, -0.15) is 4.98 Å². The third kappa shape index (κ3) is 2.48. The van der Waals surface area contributed by atoms with Gasteiger partial charge < -0.3 is 9.26 Å². The molecule has 6 heteroatoms. The third-order valence-electron chi connectivity index (χ3n) is 3.68. The van der Waals surface area contributed by atoms with Crippen LogP contribution in [0.1, 0.15) is 5.56 Å². The molecule has 0 bridgehead atoms. The Morgan fingerprint density at radius 3 is 2.75 bits per heavy atom. The van der Waals surface area contributed by atoms with Crippen molar-refractivity contribution in [3.8, 4) is 28.9 Å². The van der Waals surface area contributed by atoms with Gasteiger partial charge in [-0.25, -0.2) is 4.98 Å². The highest BCUT2D eigenvalue weighted by atomic mass is 16.5. The van der Waals surface area contributed by atoms with Crippen LogP contribution >= 0.6 is 0 Å². The van der Waals surface area contributed by atoms with Gasteiger partial charge in [-0.3, -0.25) is 4.98 Å². The fourth-order valence-electron chi connectivity index (χ4n) is 2.50. The molecule has 4 aromatic rings. The van der Waals surface area contributed by atoms with Crippen molar-refractivity contribution in [1.29, 1.82) is 0 Å². The molecule has 3 heterocycles. The molecule has 0 saturated heterocycles. The molecule has 1 aromatic carbocycles. The first-order valence-electron chi connectivity index (χ1n) is 7.45. The maximum absolute atomic E-state index is 5.41. The molecular formula is C18H14N4O2. The predicted molar refractivity (Wildman–Crippen MR) is 89.6 cm³/mol. The Labute approximate surface area is 138 Å². The smallest absolute Gasteiger partial charge is 0.276 e. The summed E-state index contributed by atoms with van der Waals surface area (Å²) >= 11 is 0. The van der Waals surface area contributed by atoms with Crippen molar-refractivity contribution in [3.63, 3.8) is 0 Å². The quantitative estimate of drug-likeness (QED) is 0.574. The van der Waals surface area contributed by atoms with E-state index in [-0.39, 0.29) is 0 Å². The highest BCUT2D eigenvalue weighted by Crippen LogP contribution is 2.31. The Kier molecular flexibility index (Phi) is 3.42. The van der Waals surface area contributed by atoms with Crippen LogP contribution in [0, 0.1) is 6.92 Å². The van der Waals surface area contributed by atoms with E-state index in [9.17, 15) is 0 Å². The number of fused-ring (bicyclic) bond motifs is 1. The Morgan fingerprint density at radius 2 is 1.96 bits per heavy atom. The van der Waals surface area contributed by atoms with E-state index < -0.39 is 0 Å². The monoisotopic (exact) mass is 318 g/mol. The predicted octanol–water partition coefficient (Wildman–Crippen LogP) is 3.66. The summed E-state index contributed by atoms with van der Waals surface area (Å²) in [5, 5.41) is 5.04. The normalized spacial score (nSPS) is 10.9. The van der Waals surface area contributed by atoms with Gasteiger partial charge >= 0.3 is 0 Å². The molecule has 0 fully saturated rings. The summed E-state index contributed by atoms with van der Waals surface area (Å²) < 4.78 is 10.7. The number of aryl methyl sites for hydroxylation is 1. The zero-order valence-corrected chi connectivity index (χ0v) is 13.2. The maximum atomic E-state index is 5.41. The molecule has 118 valence electrons. The second-order valence-corrected chi connectivity index (χ2v) is 5.38. The molecule has 0 spiro atoms. The molecule has 6 nitrogen and oxygen atoms in total. The van der Waals surface area contributed by atoms with Crippen LogP contribution in [0.15, 0.2) is 53.2 Å². The minimum absolute atomic E-state index is 0.358. The van der Waals surface area contributed by atoms with E-state index in [0.717, 1.165) is 16.5 Å². The lowest BCUT2D eigenvalue weighted by atomic mass is 10.1. The van der Waals surface area contributed by atoms with E-state index in [1.54, 1.807) is 13.3 Å². The van der Waals surface area contributed by atoms with Crippen molar-refractivity contribution in [2.75, 3.05) is 7.11 Å². The average molecular weight is 318 g/mol. The number of benzene rings is 1. The van der Waals surface area contributed by atoms with E-state index in [1.807, 2.05) is 49.4 Å². The van der Waals surface area contributed by atoms with Crippen LogP contribution in [-0.4, -0.2) is 27.2 Å². The molecule has 24 heavy (non-hydrogen) atoms. The minimum Gasteiger partial charge on any atom is -0.480 e. The molecular weight excluding hydrogens is 304 g/mol. The first-order chi connectivity index (χ1) is 11.7. The maximum Gasteiger partial charge on any atom is 0.276 e. The molecule has 0 radical (unpaired) electrons. The van der Waals surface area contributed by atoms with Crippen LogP contribution < -0.4 is 4.74 Å². The summed E-state index contributed by atoms with van der Waals surface area (Å²) in [4.78, 5) is 13.2. The van der Waals surface area contributed by atoms with E-state index in [1.165, 1.54) is 0 Å². The summed E-state index contributed by atoms with van der Waals surface area (Å²) in [7, 11) is 1.58. The van der Waals surface area contributed by atoms with Crippen LogP contribution in [0.2, 0.25) is 0 Å². The van der Waals surface area contributed by atoms with Gasteiger partial charge in [0.2, 0.25) is 11.7 Å². The van der Waals surface area contributed by atoms with Gasteiger partial charge in [0.1, 0.15) is 5.69 Å². The van der Waals surface area contributed by atoms with Crippen molar-refractivity contribution in [2.24, 2.45) is 0 Å². The number of aromatic nitrogens is 4. The molecule has 0 unspecified atom stereocenters.